The van der Waals surface area contributed by atoms with Gasteiger partial charge in [-0.15, -0.1) is 23.2 Å². The molecular weight excluding hydrogens is 359 g/mol. The zero-order valence-electron chi connectivity index (χ0n) is 13.6. The van der Waals surface area contributed by atoms with E-state index >= 15 is 0 Å². The van der Waals surface area contributed by atoms with Gasteiger partial charge >= 0.3 is 0 Å². The summed E-state index contributed by atoms with van der Waals surface area (Å²) in [7, 11) is 0. The number of hydrogen-bond donors (Lipinski definition) is 3. The maximum atomic E-state index is 12.3. The fourth-order valence-electron chi connectivity index (χ4n) is 1.87. The molecule has 0 bridgehead atoms. The highest BCUT2D eigenvalue weighted by Gasteiger charge is 2.19. The van der Waals surface area contributed by atoms with Crippen molar-refractivity contribution in [2.45, 2.75) is 25.8 Å². The molecule has 0 rings (SSSR count). The average Bonchev–Trinajstić information content (AvgIpc) is 2.59. The van der Waals surface area contributed by atoms with Crippen LogP contribution in [0.3, 0.4) is 0 Å². The molecule has 0 aliphatic heterocycles. The van der Waals surface area contributed by atoms with Gasteiger partial charge in [-0.25, -0.2) is 0 Å². The summed E-state index contributed by atoms with van der Waals surface area (Å²) in [6.07, 6.45) is 1.58. The van der Waals surface area contributed by atoms with Gasteiger partial charge in [0.1, 0.15) is 17.8 Å². The van der Waals surface area contributed by atoms with Crippen LogP contribution in [-0.2, 0) is 19.2 Å². The molecule has 1 atom stereocenters. The molecule has 24 heavy (non-hydrogen) atoms. The SMILES string of the molecule is CC(NC=O)C(=O)N(CCCNC(=O)CCl)CCCNC(=O)CCl. The van der Waals surface area contributed by atoms with Gasteiger partial charge in [-0.3, -0.25) is 19.2 Å². The summed E-state index contributed by atoms with van der Waals surface area (Å²) < 4.78 is 0. The van der Waals surface area contributed by atoms with Crippen LogP contribution in [0.4, 0.5) is 0 Å². The summed E-state index contributed by atoms with van der Waals surface area (Å²) in [5, 5.41) is 7.65. The number of rotatable bonds is 13. The number of nitrogens with zero attached hydrogens (tertiary/aromatic N) is 1. The second kappa shape index (κ2) is 13.9. The van der Waals surface area contributed by atoms with Gasteiger partial charge in [0.25, 0.3) is 0 Å². The molecule has 0 aromatic carbocycles. The second-order valence-electron chi connectivity index (χ2n) is 5.01. The van der Waals surface area contributed by atoms with Crippen molar-refractivity contribution in [3.05, 3.63) is 0 Å². The van der Waals surface area contributed by atoms with Crippen molar-refractivity contribution in [1.82, 2.24) is 20.9 Å². The first-order valence-electron chi connectivity index (χ1n) is 7.60. The van der Waals surface area contributed by atoms with E-state index in [4.69, 9.17) is 23.2 Å². The zero-order chi connectivity index (χ0) is 18.4. The van der Waals surface area contributed by atoms with Gasteiger partial charge in [-0.05, 0) is 19.8 Å². The summed E-state index contributed by atoms with van der Waals surface area (Å²) in [4.78, 5) is 46.5. The lowest BCUT2D eigenvalue weighted by Crippen LogP contribution is -2.46. The van der Waals surface area contributed by atoms with E-state index in [1.165, 1.54) is 0 Å². The number of halogens is 2. The molecule has 0 heterocycles. The summed E-state index contributed by atoms with van der Waals surface area (Å²) in [5.41, 5.74) is 0. The minimum atomic E-state index is -0.641. The highest BCUT2D eigenvalue weighted by molar-refractivity contribution is 6.27. The predicted octanol–water partition coefficient (Wildman–Crippen LogP) is -0.560. The molecule has 0 saturated carbocycles. The van der Waals surface area contributed by atoms with Gasteiger partial charge in [0, 0.05) is 26.2 Å². The van der Waals surface area contributed by atoms with Crippen molar-refractivity contribution in [2.24, 2.45) is 0 Å². The number of carbonyl (C=O) groups excluding carboxylic acids is 4. The van der Waals surface area contributed by atoms with Crippen molar-refractivity contribution in [3.8, 4) is 0 Å². The van der Waals surface area contributed by atoms with Crippen LogP contribution in [0.2, 0.25) is 0 Å². The predicted molar refractivity (Wildman–Crippen MR) is 91.9 cm³/mol. The van der Waals surface area contributed by atoms with Crippen LogP contribution in [0.5, 0.6) is 0 Å². The third kappa shape index (κ3) is 10.3. The van der Waals surface area contributed by atoms with Crippen LogP contribution in [0.15, 0.2) is 0 Å². The second-order valence-corrected chi connectivity index (χ2v) is 5.54. The Balaban J connectivity index is 4.37. The van der Waals surface area contributed by atoms with Crippen molar-refractivity contribution in [1.29, 1.82) is 0 Å². The molecular formula is C14H24Cl2N4O4. The molecule has 0 radical (unpaired) electrons. The Labute approximate surface area is 151 Å². The van der Waals surface area contributed by atoms with Crippen molar-refractivity contribution in [3.63, 3.8) is 0 Å². The van der Waals surface area contributed by atoms with E-state index in [1.807, 2.05) is 0 Å². The fourth-order valence-corrected chi connectivity index (χ4v) is 2.06. The first kappa shape index (κ1) is 22.5. The lowest BCUT2D eigenvalue weighted by molar-refractivity contribution is -0.134. The molecule has 0 aromatic heterocycles. The van der Waals surface area contributed by atoms with E-state index in [-0.39, 0.29) is 29.5 Å². The largest absolute Gasteiger partial charge is 0.355 e. The monoisotopic (exact) mass is 382 g/mol. The van der Waals surface area contributed by atoms with Crippen LogP contribution in [0.25, 0.3) is 0 Å². The van der Waals surface area contributed by atoms with E-state index < -0.39 is 6.04 Å². The summed E-state index contributed by atoms with van der Waals surface area (Å²) in [6.45, 7) is 3.21. The molecule has 0 fully saturated rings. The smallest absolute Gasteiger partial charge is 0.244 e. The van der Waals surface area contributed by atoms with Gasteiger partial charge in [0.2, 0.25) is 24.1 Å². The Morgan fingerprint density at radius 3 is 1.83 bits per heavy atom. The Morgan fingerprint density at radius 2 is 1.46 bits per heavy atom. The Hall–Kier alpha value is -1.54. The first-order chi connectivity index (χ1) is 11.5. The van der Waals surface area contributed by atoms with Gasteiger partial charge in [-0.2, -0.15) is 0 Å². The van der Waals surface area contributed by atoms with Gasteiger partial charge < -0.3 is 20.9 Å². The summed E-state index contributed by atoms with van der Waals surface area (Å²) in [6, 6.07) is -0.641. The quantitative estimate of drug-likeness (QED) is 0.225. The molecule has 4 amide bonds. The number of amides is 4. The molecule has 0 aliphatic carbocycles. The molecule has 3 N–H and O–H groups in total. The average molecular weight is 383 g/mol. The normalized spacial score (nSPS) is 11.3. The molecule has 0 spiro atoms. The fraction of sp³-hybridized carbons (Fsp3) is 0.714. The van der Waals surface area contributed by atoms with Gasteiger partial charge in [0.05, 0.1) is 0 Å². The lowest BCUT2D eigenvalue weighted by Gasteiger charge is -2.25. The van der Waals surface area contributed by atoms with Crippen LogP contribution in [0.1, 0.15) is 19.8 Å². The summed E-state index contributed by atoms with van der Waals surface area (Å²) >= 11 is 10.8. The highest BCUT2D eigenvalue weighted by atomic mass is 35.5. The van der Waals surface area contributed by atoms with E-state index in [9.17, 15) is 19.2 Å². The third-order valence-corrected chi connectivity index (χ3v) is 3.58. The Morgan fingerprint density at radius 1 is 1.00 bits per heavy atom. The topological polar surface area (TPSA) is 108 Å². The van der Waals surface area contributed by atoms with E-state index in [2.05, 4.69) is 16.0 Å². The zero-order valence-corrected chi connectivity index (χ0v) is 15.2. The van der Waals surface area contributed by atoms with Crippen molar-refractivity contribution < 1.29 is 19.2 Å². The molecule has 0 saturated heterocycles. The van der Waals surface area contributed by atoms with E-state index in [1.54, 1.807) is 11.8 Å². The lowest BCUT2D eigenvalue weighted by atomic mass is 10.2. The van der Waals surface area contributed by atoms with Crippen LogP contribution >= 0.6 is 23.2 Å². The van der Waals surface area contributed by atoms with Crippen LogP contribution < -0.4 is 16.0 Å². The minimum absolute atomic E-state index is 0.108. The van der Waals surface area contributed by atoms with Gasteiger partial charge in [0.15, 0.2) is 0 Å². The number of nitrogens with one attached hydrogen (secondary N) is 3. The van der Waals surface area contributed by atoms with Crippen LogP contribution in [0, 0.1) is 0 Å². The maximum absolute atomic E-state index is 12.3. The number of alkyl halides is 2. The third-order valence-electron chi connectivity index (χ3n) is 3.10. The minimum Gasteiger partial charge on any atom is -0.355 e. The van der Waals surface area contributed by atoms with Gasteiger partial charge in [-0.1, -0.05) is 0 Å². The highest BCUT2D eigenvalue weighted by Crippen LogP contribution is 1.99. The Kier molecular flexibility index (Phi) is 13.0. The van der Waals surface area contributed by atoms with Crippen LogP contribution in [-0.4, -0.2) is 73.0 Å². The molecule has 8 nitrogen and oxygen atoms in total. The molecule has 10 heteroatoms. The van der Waals surface area contributed by atoms with E-state index in [0.717, 1.165) is 0 Å². The molecule has 0 aliphatic rings. The maximum Gasteiger partial charge on any atom is 0.244 e. The van der Waals surface area contributed by atoms with E-state index in [0.29, 0.717) is 45.4 Å². The standard InChI is InChI=1S/C14H24Cl2N4O4/c1-11(19-10-21)14(24)20(6-2-4-17-12(22)8-15)7-3-5-18-13(23)9-16/h10-11H,2-9H2,1H3,(H,17,22)(H,18,23)(H,19,21). The summed E-state index contributed by atoms with van der Waals surface area (Å²) in [5.74, 6) is -0.982. The molecule has 138 valence electrons. The Bertz CT molecular complexity index is 400. The van der Waals surface area contributed by atoms with Crippen molar-refractivity contribution >= 4 is 47.3 Å². The van der Waals surface area contributed by atoms with Crippen molar-refractivity contribution in [2.75, 3.05) is 37.9 Å². The molecule has 1 unspecified atom stereocenters. The number of carbonyl (C=O) groups is 4. The number of hydrogen-bond acceptors (Lipinski definition) is 4. The first-order valence-corrected chi connectivity index (χ1v) is 8.67. The molecule has 0 aromatic rings.